The molecule has 2 aromatic rings. The van der Waals surface area contributed by atoms with Gasteiger partial charge in [-0.25, -0.2) is 0 Å². The molecule has 2 atom stereocenters. The molecule has 124 valence electrons. The van der Waals surface area contributed by atoms with Crippen LogP contribution >= 0.6 is 0 Å². The lowest BCUT2D eigenvalue weighted by Gasteiger charge is -2.32. The highest BCUT2D eigenvalue weighted by atomic mass is 16.5. The summed E-state index contributed by atoms with van der Waals surface area (Å²) in [6.07, 6.45) is 3.75. The topological polar surface area (TPSA) is 45.3 Å². The molecule has 0 saturated carbocycles. The maximum atomic E-state index is 13.1. The second-order valence-electron chi connectivity index (χ2n) is 7.00. The molecule has 1 aliphatic heterocycles. The third-order valence-electron chi connectivity index (χ3n) is 4.58. The molecular weight excluding hydrogens is 288 g/mol. The number of carbonyl (C=O) groups is 1. The van der Waals surface area contributed by atoms with Crippen molar-refractivity contribution >= 4 is 22.5 Å². The second-order valence-corrected chi connectivity index (χ2v) is 7.00. The average molecular weight is 314 g/mol. The van der Waals surface area contributed by atoms with E-state index in [1.807, 2.05) is 23.2 Å². The average Bonchev–Trinajstić information content (AvgIpc) is 3.17. The van der Waals surface area contributed by atoms with E-state index in [0.29, 0.717) is 19.1 Å². The molecule has 4 nitrogen and oxygen atoms in total. The number of anilines is 1. The lowest BCUT2D eigenvalue weighted by atomic mass is 9.99. The maximum Gasteiger partial charge on any atom is 0.232 e. The van der Waals surface area contributed by atoms with Crippen LogP contribution in [0, 0.1) is 11.8 Å². The van der Waals surface area contributed by atoms with Gasteiger partial charge in [0.2, 0.25) is 5.91 Å². The first-order valence-corrected chi connectivity index (χ1v) is 8.54. The van der Waals surface area contributed by atoms with Crippen LogP contribution in [0.5, 0.6) is 0 Å². The minimum Gasteiger partial charge on any atom is -0.381 e. The van der Waals surface area contributed by atoms with Crippen LogP contribution in [0.15, 0.2) is 30.5 Å². The third kappa shape index (κ3) is 3.42. The van der Waals surface area contributed by atoms with E-state index in [-0.39, 0.29) is 17.9 Å². The van der Waals surface area contributed by atoms with Crippen molar-refractivity contribution in [1.82, 2.24) is 4.98 Å². The van der Waals surface area contributed by atoms with Crippen molar-refractivity contribution < 1.29 is 9.53 Å². The summed E-state index contributed by atoms with van der Waals surface area (Å²) in [5.41, 5.74) is 2.09. The summed E-state index contributed by atoms with van der Waals surface area (Å²) in [6.45, 7) is 7.80. The molecule has 0 bridgehead atoms. The summed E-state index contributed by atoms with van der Waals surface area (Å²) in [4.78, 5) is 18.3. The van der Waals surface area contributed by atoms with Crippen molar-refractivity contribution in [3.63, 3.8) is 0 Å². The molecule has 0 aliphatic carbocycles. The standard InChI is InChI=1S/C19H26N2O2/c1-13(2)10-14(3)21(19(22)16-7-9-23-12-16)17-4-5-18-15(11-17)6-8-20-18/h4-6,8,11,13-14,16,20H,7,9-10,12H2,1-3H3/t14-,16-/m1/s1. The van der Waals surface area contributed by atoms with Crippen molar-refractivity contribution in [3.05, 3.63) is 30.5 Å². The molecule has 1 aromatic carbocycles. The predicted octanol–water partition coefficient (Wildman–Crippen LogP) is 3.97. The summed E-state index contributed by atoms with van der Waals surface area (Å²) in [6, 6.07) is 8.44. The fraction of sp³-hybridized carbons (Fsp3) is 0.526. The number of H-pyrrole nitrogens is 1. The first-order chi connectivity index (χ1) is 11.1. The van der Waals surface area contributed by atoms with E-state index < -0.39 is 0 Å². The zero-order chi connectivity index (χ0) is 16.4. The smallest absolute Gasteiger partial charge is 0.232 e. The normalized spacial score (nSPS) is 19.4. The van der Waals surface area contributed by atoms with Crippen LogP contribution in [0.2, 0.25) is 0 Å². The Morgan fingerprint density at radius 1 is 1.35 bits per heavy atom. The van der Waals surface area contributed by atoms with Crippen molar-refractivity contribution in [2.45, 2.75) is 39.7 Å². The highest BCUT2D eigenvalue weighted by molar-refractivity contribution is 5.98. The zero-order valence-electron chi connectivity index (χ0n) is 14.2. The SMILES string of the molecule is CC(C)C[C@@H](C)N(C(=O)[C@@H]1CCOC1)c1ccc2[nH]ccc2c1. The molecule has 0 radical (unpaired) electrons. The number of benzene rings is 1. The van der Waals surface area contributed by atoms with Gasteiger partial charge in [-0.2, -0.15) is 0 Å². The molecule has 1 saturated heterocycles. The van der Waals surface area contributed by atoms with Crippen LogP contribution in [-0.4, -0.2) is 30.1 Å². The lowest BCUT2D eigenvalue weighted by Crippen LogP contribution is -2.43. The highest BCUT2D eigenvalue weighted by Gasteiger charge is 2.31. The summed E-state index contributed by atoms with van der Waals surface area (Å²) in [5.74, 6) is 0.744. The van der Waals surface area contributed by atoms with E-state index in [0.717, 1.165) is 29.4 Å². The molecule has 1 aromatic heterocycles. The number of hydrogen-bond donors (Lipinski definition) is 1. The number of amides is 1. The summed E-state index contributed by atoms with van der Waals surface area (Å²) < 4.78 is 5.43. The third-order valence-corrected chi connectivity index (χ3v) is 4.58. The Balaban J connectivity index is 1.93. The molecule has 1 amide bonds. The van der Waals surface area contributed by atoms with E-state index >= 15 is 0 Å². The monoisotopic (exact) mass is 314 g/mol. The Kier molecular flexibility index (Phi) is 4.71. The summed E-state index contributed by atoms with van der Waals surface area (Å²) in [5, 5.41) is 1.14. The minimum atomic E-state index is -0.00784. The molecule has 1 N–H and O–H groups in total. The Morgan fingerprint density at radius 3 is 2.87 bits per heavy atom. The molecule has 2 heterocycles. The molecular formula is C19H26N2O2. The van der Waals surface area contributed by atoms with Gasteiger partial charge < -0.3 is 14.6 Å². The Labute approximate surface area is 137 Å². The lowest BCUT2D eigenvalue weighted by molar-refractivity contribution is -0.122. The van der Waals surface area contributed by atoms with Crippen molar-refractivity contribution in [3.8, 4) is 0 Å². The number of fused-ring (bicyclic) bond motifs is 1. The molecule has 3 rings (SSSR count). The van der Waals surface area contributed by atoms with E-state index in [9.17, 15) is 4.79 Å². The highest BCUT2D eigenvalue weighted by Crippen LogP contribution is 2.28. The Morgan fingerprint density at radius 2 is 2.17 bits per heavy atom. The van der Waals surface area contributed by atoms with E-state index in [1.165, 1.54) is 0 Å². The van der Waals surface area contributed by atoms with Gasteiger partial charge in [0.15, 0.2) is 0 Å². The van der Waals surface area contributed by atoms with Gasteiger partial charge in [-0.15, -0.1) is 0 Å². The van der Waals surface area contributed by atoms with Crippen LogP contribution in [0.25, 0.3) is 10.9 Å². The second kappa shape index (κ2) is 6.75. The first kappa shape index (κ1) is 16.1. The number of carbonyl (C=O) groups excluding carboxylic acids is 1. The predicted molar refractivity (Wildman–Crippen MR) is 93.6 cm³/mol. The number of nitrogens with zero attached hydrogens (tertiary/aromatic N) is 1. The summed E-state index contributed by atoms with van der Waals surface area (Å²) >= 11 is 0. The van der Waals surface area contributed by atoms with Gasteiger partial charge in [0.1, 0.15) is 0 Å². The Bertz CT molecular complexity index is 671. The van der Waals surface area contributed by atoms with Crippen molar-refractivity contribution in [2.24, 2.45) is 11.8 Å². The number of rotatable bonds is 5. The van der Waals surface area contributed by atoms with Crippen LogP contribution in [0.3, 0.4) is 0 Å². The van der Waals surface area contributed by atoms with E-state index in [2.05, 4.69) is 37.9 Å². The van der Waals surface area contributed by atoms with Gasteiger partial charge in [-0.05, 0) is 49.9 Å². The summed E-state index contributed by atoms with van der Waals surface area (Å²) in [7, 11) is 0. The molecule has 0 unspecified atom stereocenters. The quantitative estimate of drug-likeness (QED) is 0.907. The van der Waals surface area contributed by atoms with E-state index in [1.54, 1.807) is 0 Å². The van der Waals surface area contributed by atoms with E-state index in [4.69, 9.17) is 4.74 Å². The first-order valence-electron chi connectivity index (χ1n) is 8.54. The number of nitrogens with one attached hydrogen (secondary N) is 1. The number of aromatic amines is 1. The largest absolute Gasteiger partial charge is 0.381 e. The number of ether oxygens (including phenoxy) is 1. The van der Waals surface area contributed by atoms with Gasteiger partial charge in [-0.1, -0.05) is 13.8 Å². The minimum absolute atomic E-state index is 0.00784. The zero-order valence-corrected chi connectivity index (χ0v) is 14.2. The molecule has 23 heavy (non-hydrogen) atoms. The van der Waals surface area contributed by atoms with Gasteiger partial charge in [0.25, 0.3) is 0 Å². The maximum absolute atomic E-state index is 13.1. The van der Waals surface area contributed by atoms with Gasteiger partial charge in [0.05, 0.1) is 12.5 Å². The van der Waals surface area contributed by atoms with Crippen molar-refractivity contribution in [2.75, 3.05) is 18.1 Å². The number of hydrogen-bond acceptors (Lipinski definition) is 2. The Hall–Kier alpha value is -1.81. The fourth-order valence-electron chi connectivity index (χ4n) is 3.50. The van der Waals surface area contributed by atoms with Crippen LogP contribution < -0.4 is 4.90 Å². The van der Waals surface area contributed by atoms with Crippen LogP contribution in [0.4, 0.5) is 5.69 Å². The van der Waals surface area contributed by atoms with Gasteiger partial charge >= 0.3 is 0 Å². The number of aromatic nitrogens is 1. The van der Waals surface area contributed by atoms with Crippen LogP contribution in [0.1, 0.15) is 33.6 Å². The van der Waals surface area contributed by atoms with Crippen LogP contribution in [-0.2, 0) is 9.53 Å². The fourth-order valence-corrected chi connectivity index (χ4v) is 3.50. The van der Waals surface area contributed by atoms with Crippen molar-refractivity contribution in [1.29, 1.82) is 0 Å². The molecule has 0 spiro atoms. The molecule has 1 fully saturated rings. The van der Waals surface area contributed by atoms with Gasteiger partial charge in [0, 0.05) is 35.4 Å². The van der Waals surface area contributed by atoms with Gasteiger partial charge in [-0.3, -0.25) is 4.79 Å². The molecule has 1 aliphatic rings. The molecule has 4 heteroatoms.